The second-order valence-corrected chi connectivity index (χ2v) is 4.77. The van der Waals surface area contributed by atoms with E-state index < -0.39 is 11.6 Å². The van der Waals surface area contributed by atoms with Crippen molar-refractivity contribution >= 4 is 13.3 Å². The summed E-state index contributed by atoms with van der Waals surface area (Å²) in [6.07, 6.45) is 0. The molecule has 0 heterocycles. The molecule has 3 heteroatoms. The van der Waals surface area contributed by atoms with Crippen LogP contribution < -0.4 is 5.46 Å². The van der Waals surface area contributed by atoms with Gasteiger partial charge in [-0.2, -0.15) is 0 Å². The van der Waals surface area contributed by atoms with Crippen LogP contribution in [0, 0.1) is 11.6 Å². The summed E-state index contributed by atoms with van der Waals surface area (Å²) in [5.41, 5.74) is 2.74. The molecule has 0 nitrogen and oxygen atoms in total. The molecule has 0 amide bonds. The Labute approximate surface area is 123 Å². The van der Waals surface area contributed by atoms with Crippen molar-refractivity contribution in [1.29, 1.82) is 0 Å². The lowest BCUT2D eigenvalue weighted by atomic mass is 9.92. The van der Waals surface area contributed by atoms with Crippen molar-refractivity contribution in [1.82, 2.24) is 0 Å². The Balaban J connectivity index is 2.01. The fraction of sp³-hybridized carbons (Fsp3) is 0. The zero-order valence-corrected chi connectivity index (χ0v) is 11.2. The fourth-order valence-corrected chi connectivity index (χ4v) is 2.26. The molecule has 3 rings (SSSR count). The normalized spacial score (nSPS) is 10.6. The van der Waals surface area contributed by atoms with Crippen LogP contribution in [0.4, 0.5) is 8.78 Å². The van der Waals surface area contributed by atoms with Gasteiger partial charge in [-0.25, -0.2) is 8.78 Å². The molecule has 0 N–H and O–H groups in total. The summed E-state index contributed by atoms with van der Waals surface area (Å²) in [5, 5.41) is 0. The lowest BCUT2D eigenvalue weighted by molar-refractivity contribution is 0.517. The number of rotatable bonds is 2. The highest BCUT2D eigenvalue weighted by Crippen LogP contribution is 2.27. The van der Waals surface area contributed by atoms with Crippen LogP contribution in [0.25, 0.3) is 22.3 Å². The smallest absolute Gasteiger partial charge is 0.166 e. The van der Waals surface area contributed by atoms with E-state index in [4.69, 9.17) is 7.85 Å². The highest BCUT2D eigenvalue weighted by molar-refractivity contribution is 6.32. The molecule has 3 aromatic rings. The van der Waals surface area contributed by atoms with Gasteiger partial charge in [0.25, 0.3) is 0 Å². The third kappa shape index (κ3) is 2.59. The summed E-state index contributed by atoms with van der Waals surface area (Å²) in [6, 6.07) is 20.0. The number of halogens is 2. The molecule has 0 saturated carbocycles. The molecule has 0 aliphatic carbocycles. The highest BCUT2D eigenvalue weighted by atomic mass is 19.2. The first-order valence-corrected chi connectivity index (χ1v) is 6.56. The van der Waals surface area contributed by atoms with E-state index >= 15 is 0 Å². The number of hydrogen-bond acceptors (Lipinski definition) is 0. The maximum atomic E-state index is 13.9. The van der Waals surface area contributed by atoms with E-state index in [0.29, 0.717) is 5.56 Å². The van der Waals surface area contributed by atoms with E-state index in [-0.39, 0.29) is 11.0 Å². The monoisotopic (exact) mass is 276 g/mol. The molecular weight excluding hydrogens is 265 g/mol. The van der Waals surface area contributed by atoms with Crippen LogP contribution in [0.3, 0.4) is 0 Å². The molecule has 0 fully saturated rings. The molecule has 2 radical (unpaired) electrons. The van der Waals surface area contributed by atoms with Gasteiger partial charge >= 0.3 is 0 Å². The predicted molar refractivity (Wildman–Crippen MR) is 82.6 cm³/mol. The summed E-state index contributed by atoms with van der Waals surface area (Å²) in [6.45, 7) is 0. The van der Waals surface area contributed by atoms with Gasteiger partial charge in [-0.15, -0.1) is 0 Å². The second kappa shape index (κ2) is 5.53. The fourth-order valence-electron chi connectivity index (χ4n) is 2.26. The Morgan fingerprint density at radius 1 is 0.571 bits per heavy atom. The minimum atomic E-state index is -1.00. The Morgan fingerprint density at radius 3 is 1.81 bits per heavy atom. The molecule has 0 aromatic heterocycles. The van der Waals surface area contributed by atoms with Crippen molar-refractivity contribution < 1.29 is 8.78 Å². The van der Waals surface area contributed by atoms with E-state index in [1.54, 1.807) is 12.1 Å². The van der Waals surface area contributed by atoms with Crippen LogP contribution >= 0.6 is 0 Å². The molecule has 0 atom stereocenters. The predicted octanol–water partition coefficient (Wildman–Crippen LogP) is 4.09. The van der Waals surface area contributed by atoms with Crippen molar-refractivity contribution in [3.8, 4) is 22.3 Å². The van der Waals surface area contributed by atoms with Crippen molar-refractivity contribution in [3.63, 3.8) is 0 Å². The van der Waals surface area contributed by atoms with Crippen LogP contribution in [-0.4, -0.2) is 7.85 Å². The van der Waals surface area contributed by atoms with Crippen LogP contribution in [0.5, 0.6) is 0 Å². The summed E-state index contributed by atoms with van der Waals surface area (Å²) < 4.78 is 27.4. The number of benzene rings is 3. The van der Waals surface area contributed by atoms with Crippen molar-refractivity contribution in [2.24, 2.45) is 0 Å². The van der Waals surface area contributed by atoms with E-state index in [0.717, 1.165) is 11.1 Å². The molecular formula is C18H11BF2. The van der Waals surface area contributed by atoms with Crippen molar-refractivity contribution in [2.45, 2.75) is 0 Å². The summed E-state index contributed by atoms with van der Waals surface area (Å²) in [7, 11) is 5.35. The van der Waals surface area contributed by atoms with Crippen LogP contribution in [0.1, 0.15) is 0 Å². The molecule has 100 valence electrons. The van der Waals surface area contributed by atoms with Crippen LogP contribution in [0.2, 0.25) is 0 Å². The molecule has 0 saturated heterocycles. The zero-order chi connectivity index (χ0) is 14.8. The van der Waals surface area contributed by atoms with E-state index in [1.165, 1.54) is 12.1 Å². The Morgan fingerprint density at radius 2 is 1.14 bits per heavy atom. The van der Waals surface area contributed by atoms with Crippen molar-refractivity contribution in [3.05, 3.63) is 78.4 Å². The van der Waals surface area contributed by atoms with Gasteiger partial charge in [-0.3, -0.25) is 0 Å². The molecule has 0 unspecified atom stereocenters. The van der Waals surface area contributed by atoms with E-state index in [9.17, 15) is 8.78 Å². The Kier molecular flexibility index (Phi) is 3.57. The minimum Gasteiger partial charge on any atom is -0.204 e. The van der Waals surface area contributed by atoms with Gasteiger partial charge in [-0.05, 0) is 16.7 Å². The lowest BCUT2D eigenvalue weighted by Crippen LogP contribution is -2.11. The van der Waals surface area contributed by atoms with Gasteiger partial charge < -0.3 is 0 Å². The van der Waals surface area contributed by atoms with E-state index in [2.05, 4.69) is 0 Å². The number of hydrogen-bond donors (Lipinski definition) is 0. The molecule has 0 aliphatic rings. The minimum absolute atomic E-state index is 0.183. The van der Waals surface area contributed by atoms with Gasteiger partial charge in [0.15, 0.2) is 11.6 Å². The van der Waals surface area contributed by atoms with Crippen LogP contribution in [0.15, 0.2) is 66.7 Å². The van der Waals surface area contributed by atoms with Gasteiger partial charge in [0.2, 0.25) is 0 Å². The standard InChI is InChI=1S/C18H11BF2/c19-16-11-10-15(17(20)18(16)21)14-8-6-13(7-9-14)12-4-2-1-3-5-12/h1-11H. The molecule has 21 heavy (non-hydrogen) atoms. The maximum absolute atomic E-state index is 13.9. The largest absolute Gasteiger partial charge is 0.204 e. The molecule has 0 spiro atoms. The first-order chi connectivity index (χ1) is 10.2. The van der Waals surface area contributed by atoms with E-state index in [1.807, 2.05) is 42.5 Å². The van der Waals surface area contributed by atoms with Gasteiger partial charge in [0.05, 0.1) is 0 Å². The average molecular weight is 276 g/mol. The SMILES string of the molecule is [B]c1ccc(-c2ccc(-c3ccccc3)cc2)c(F)c1F. The Bertz CT molecular complexity index is 765. The summed E-state index contributed by atoms with van der Waals surface area (Å²) in [5.74, 6) is -1.91. The van der Waals surface area contributed by atoms with Gasteiger partial charge in [0, 0.05) is 5.56 Å². The summed E-state index contributed by atoms with van der Waals surface area (Å²) in [4.78, 5) is 0. The van der Waals surface area contributed by atoms with Gasteiger partial charge in [-0.1, -0.05) is 72.2 Å². The Hall–Kier alpha value is -2.42. The second-order valence-electron chi connectivity index (χ2n) is 4.77. The first-order valence-electron chi connectivity index (χ1n) is 6.56. The van der Waals surface area contributed by atoms with Crippen LogP contribution in [-0.2, 0) is 0 Å². The van der Waals surface area contributed by atoms with Crippen molar-refractivity contribution in [2.75, 3.05) is 0 Å². The highest BCUT2D eigenvalue weighted by Gasteiger charge is 2.12. The zero-order valence-electron chi connectivity index (χ0n) is 11.2. The maximum Gasteiger partial charge on any atom is 0.166 e. The first kappa shape index (κ1) is 13.6. The topological polar surface area (TPSA) is 0 Å². The third-order valence-corrected chi connectivity index (χ3v) is 3.42. The molecule has 0 bridgehead atoms. The average Bonchev–Trinajstić information content (AvgIpc) is 2.54. The lowest BCUT2D eigenvalue weighted by Gasteiger charge is -2.08. The quantitative estimate of drug-likeness (QED) is 0.618. The van der Waals surface area contributed by atoms with Gasteiger partial charge in [0.1, 0.15) is 7.85 Å². The molecule has 3 aromatic carbocycles. The summed E-state index contributed by atoms with van der Waals surface area (Å²) >= 11 is 0. The molecule has 0 aliphatic heterocycles. The third-order valence-electron chi connectivity index (χ3n) is 3.42.